The molecule has 0 aliphatic rings. The number of hydrogen-bond donors (Lipinski definition) is 2. The van der Waals surface area contributed by atoms with E-state index in [0.29, 0.717) is 5.69 Å². The average molecular weight is 271 g/mol. The molecule has 0 aliphatic carbocycles. The second-order valence-electron chi connectivity index (χ2n) is 4.45. The van der Waals surface area contributed by atoms with E-state index in [1.165, 1.54) is 6.20 Å². The quantitative estimate of drug-likeness (QED) is 0.765. The first-order valence-electron chi connectivity index (χ1n) is 6.03. The van der Waals surface area contributed by atoms with E-state index in [1.807, 2.05) is 35.9 Å². The molecule has 6 nitrogen and oxygen atoms in total. The minimum atomic E-state index is -1.01. The van der Waals surface area contributed by atoms with Crippen LogP contribution in [0.1, 0.15) is 10.4 Å². The van der Waals surface area contributed by atoms with Gasteiger partial charge in [0.1, 0.15) is 11.3 Å². The maximum Gasteiger partial charge on any atom is 0.339 e. The molecule has 0 fully saturated rings. The number of benzene rings is 1. The number of hydrogen-bond acceptors (Lipinski definition) is 3. The van der Waals surface area contributed by atoms with Gasteiger partial charge in [0.25, 0.3) is 0 Å². The van der Waals surface area contributed by atoms with Crippen LogP contribution in [0.3, 0.4) is 0 Å². The zero-order valence-corrected chi connectivity index (χ0v) is 11.0. The molecule has 2 heterocycles. The Labute approximate surface area is 114 Å². The van der Waals surface area contributed by atoms with Crippen LogP contribution in [0.25, 0.3) is 22.3 Å². The highest BCUT2D eigenvalue weighted by Crippen LogP contribution is 2.33. The van der Waals surface area contributed by atoms with Gasteiger partial charge in [-0.05, 0) is 12.1 Å². The van der Waals surface area contributed by atoms with E-state index in [0.717, 1.165) is 22.3 Å². The summed E-state index contributed by atoms with van der Waals surface area (Å²) in [6.45, 7) is 0. The van der Waals surface area contributed by atoms with Gasteiger partial charge in [-0.1, -0.05) is 12.1 Å². The second kappa shape index (κ2) is 4.41. The summed E-state index contributed by atoms with van der Waals surface area (Å²) < 4.78 is 7.25. The first-order chi connectivity index (χ1) is 9.63. The number of rotatable bonds is 3. The second-order valence-corrected chi connectivity index (χ2v) is 4.45. The standard InChI is InChI=1S/C14H13N3O3/c1-17-10(12-9(14(18)19)7-15-16-12)6-8-4-3-5-11(20-2)13(8)17/h3-7H,1-2H3,(H,15,16)(H,18,19). The van der Waals surface area contributed by atoms with E-state index < -0.39 is 5.97 Å². The number of carbonyl (C=O) groups is 1. The van der Waals surface area contributed by atoms with E-state index in [-0.39, 0.29) is 5.56 Å². The third kappa shape index (κ3) is 1.65. The molecule has 6 heteroatoms. The van der Waals surface area contributed by atoms with Crippen molar-refractivity contribution >= 4 is 16.9 Å². The molecule has 0 aliphatic heterocycles. The molecular formula is C14H13N3O3. The molecule has 0 amide bonds. The average Bonchev–Trinajstić information content (AvgIpc) is 3.03. The normalized spacial score (nSPS) is 10.9. The smallest absolute Gasteiger partial charge is 0.339 e. The number of para-hydroxylation sites is 1. The summed E-state index contributed by atoms with van der Waals surface area (Å²) in [5.74, 6) is -0.265. The summed E-state index contributed by atoms with van der Waals surface area (Å²) >= 11 is 0. The number of methoxy groups -OCH3 is 1. The van der Waals surface area contributed by atoms with E-state index in [9.17, 15) is 9.90 Å². The lowest BCUT2D eigenvalue weighted by atomic mass is 10.2. The van der Waals surface area contributed by atoms with Gasteiger partial charge < -0.3 is 14.4 Å². The molecule has 0 atom stereocenters. The van der Waals surface area contributed by atoms with Crippen LogP contribution < -0.4 is 4.74 Å². The van der Waals surface area contributed by atoms with Crippen LogP contribution in [0, 0.1) is 0 Å². The van der Waals surface area contributed by atoms with Gasteiger partial charge in [0, 0.05) is 12.4 Å². The highest BCUT2D eigenvalue weighted by molar-refractivity contribution is 5.97. The van der Waals surface area contributed by atoms with E-state index in [2.05, 4.69) is 10.2 Å². The number of fused-ring (bicyclic) bond motifs is 1. The summed E-state index contributed by atoms with van der Waals surface area (Å²) in [7, 11) is 3.48. The lowest BCUT2D eigenvalue weighted by Crippen LogP contribution is -2.00. The highest BCUT2D eigenvalue weighted by Gasteiger charge is 2.19. The van der Waals surface area contributed by atoms with Crippen molar-refractivity contribution in [3.8, 4) is 17.1 Å². The molecular weight excluding hydrogens is 258 g/mol. The van der Waals surface area contributed by atoms with E-state index in [1.54, 1.807) is 7.11 Å². The van der Waals surface area contributed by atoms with Gasteiger partial charge in [0.15, 0.2) is 0 Å². The fourth-order valence-corrected chi connectivity index (χ4v) is 2.43. The molecule has 0 saturated carbocycles. The predicted octanol–water partition coefficient (Wildman–Crippen LogP) is 2.28. The van der Waals surface area contributed by atoms with Crippen molar-refractivity contribution in [3.63, 3.8) is 0 Å². The van der Waals surface area contributed by atoms with E-state index in [4.69, 9.17) is 4.74 Å². The van der Waals surface area contributed by atoms with Crippen LogP contribution >= 0.6 is 0 Å². The van der Waals surface area contributed by atoms with Crippen LogP contribution in [0.5, 0.6) is 5.75 Å². The number of aromatic amines is 1. The Kier molecular flexibility index (Phi) is 2.71. The Morgan fingerprint density at radius 1 is 1.45 bits per heavy atom. The number of aromatic carboxylic acids is 1. The van der Waals surface area contributed by atoms with Gasteiger partial charge >= 0.3 is 5.97 Å². The van der Waals surface area contributed by atoms with Crippen LogP contribution in [-0.4, -0.2) is 33.0 Å². The monoisotopic (exact) mass is 271 g/mol. The SMILES string of the molecule is COc1cccc2cc(-c3[nH]ncc3C(=O)O)n(C)c12. The number of nitrogens with zero attached hydrogens (tertiary/aromatic N) is 2. The summed E-state index contributed by atoms with van der Waals surface area (Å²) in [5, 5.41) is 16.7. The highest BCUT2D eigenvalue weighted by atomic mass is 16.5. The summed E-state index contributed by atoms with van der Waals surface area (Å²) in [6, 6.07) is 7.64. The molecule has 1 aromatic carbocycles. The summed E-state index contributed by atoms with van der Waals surface area (Å²) in [5.41, 5.74) is 2.29. The Balaban J connectivity index is 2.30. The molecule has 0 spiro atoms. The fraction of sp³-hybridized carbons (Fsp3) is 0.143. The number of aryl methyl sites for hydroxylation is 1. The number of H-pyrrole nitrogens is 1. The predicted molar refractivity (Wildman–Crippen MR) is 74.0 cm³/mol. The molecule has 0 radical (unpaired) electrons. The third-order valence-electron chi connectivity index (χ3n) is 3.37. The lowest BCUT2D eigenvalue weighted by molar-refractivity contribution is 0.0698. The van der Waals surface area contributed by atoms with Crippen LogP contribution in [0.15, 0.2) is 30.5 Å². The van der Waals surface area contributed by atoms with Gasteiger partial charge in [-0.25, -0.2) is 4.79 Å². The Morgan fingerprint density at radius 2 is 2.25 bits per heavy atom. The number of carboxylic acids is 1. The molecule has 0 bridgehead atoms. The number of carboxylic acid groups (broad SMARTS) is 1. The fourth-order valence-electron chi connectivity index (χ4n) is 2.43. The van der Waals surface area contributed by atoms with Gasteiger partial charge in [-0.2, -0.15) is 5.10 Å². The molecule has 102 valence electrons. The number of aromatic nitrogens is 3. The van der Waals surface area contributed by atoms with Crippen molar-refractivity contribution in [2.45, 2.75) is 0 Å². The number of nitrogens with one attached hydrogen (secondary N) is 1. The minimum absolute atomic E-state index is 0.148. The van der Waals surface area contributed by atoms with Crippen LogP contribution in [0.2, 0.25) is 0 Å². The van der Waals surface area contributed by atoms with Gasteiger partial charge in [0.05, 0.1) is 30.2 Å². The van der Waals surface area contributed by atoms with Crippen LogP contribution in [-0.2, 0) is 7.05 Å². The summed E-state index contributed by atoms with van der Waals surface area (Å²) in [6.07, 6.45) is 1.31. The molecule has 0 unspecified atom stereocenters. The molecule has 2 N–H and O–H groups in total. The Morgan fingerprint density at radius 3 is 2.95 bits per heavy atom. The zero-order valence-electron chi connectivity index (χ0n) is 11.0. The first-order valence-corrected chi connectivity index (χ1v) is 6.03. The molecule has 3 rings (SSSR count). The molecule has 20 heavy (non-hydrogen) atoms. The van der Waals surface area contributed by atoms with Crippen molar-refractivity contribution in [2.24, 2.45) is 7.05 Å². The largest absolute Gasteiger partial charge is 0.495 e. The minimum Gasteiger partial charge on any atom is -0.495 e. The van der Waals surface area contributed by atoms with Crippen molar-refractivity contribution < 1.29 is 14.6 Å². The van der Waals surface area contributed by atoms with Crippen molar-refractivity contribution in [3.05, 3.63) is 36.0 Å². The van der Waals surface area contributed by atoms with Crippen molar-refractivity contribution in [2.75, 3.05) is 7.11 Å². The van der Waals surface area contributed by atoms with Gasteiger partial charge in [-0.3, -0.25) is 5.10 Å². The van der Waals surface area contributed by atoms with Gasteiger partial charge in [-0.15, -0.1) is 0 Å². The molecule has 2 aromatic heterocycles. The summed E-state index contributed by atoms with van der Waals surface area (Å²) in [4.78, 5) is 11.2. The first kappa shape index (κ1) is 12.3. The maximum absolute atomic E-state index is 11.2. The molecule has 3 aromatic rings. The van der Waals surface area contributed by atoms with Crippen molar-refractivity contribution in [1.82, 2.24) is 14.8 Å². The Bertz CT molecular complexity index is 801. The Hall–Kier alpha value is -2.76. The topological polar surface area (TPSA) is 80.1 Å². The molecule has 0 saturated heterocycles. The van der Waals surface area contributed by atoms with Crippen molar-refractivity contribution in [1.29, 1.82) is 0 Å². The zero-order chi connectivity index (χ0) is 14.3. The van der Waals surface area contributed by atoms with Crippen LogP contribution in [0.4, 0.5) is 0 Å². The maximum atomic E-state index is 11.2. The third-order valence-corrected chi connectivity index (χ3v) is 3.37. The lowest BCUT2D eigenvalue weighted by Gasteiger charge is -2.06. The van der Waals surface area contributed by atoms with Gasteiger partial charge in [0.2, 0.25) is 0 Å². The number of ether oxygens (including phenoxy) is 1. The van der Waals surface area contributed by atoms with E-state index >= 15 is 0 Å².